The van der Waals surface area contributed by atoms with Crippen LogP contribution in [0.1, 0.15) is 5.69 Å². The van der Waals surface area contributed by atoms with Gasteiger partial charge in [-0.3, -0.25) is 4.79 Å². The van der Waals surface area contributed by atoms with Crippen LogP contribution in [0.4, 0.5) is 0 Å². The second-order valence-electron chi connectivity index (χ2n) is 4.23. The quantitative estimate of drug-likeness (QED) is 0.758. The lowest BCUT2D eigenvalue weighted by Crippen LogP contribution is -2.10. The summed E-state index contributed by atoms with van der Waals surface area (Å²) in [6.07, 6.45) is 0. The zero-order valence-corrected chi connectivity index (χ0v) is 10.4. The molecule has 19 heavy (non-hydrogen) atoms. The molecule has 94 valence electrons. The van der Waals surface area contributed by atoms with Gasteiger partial charge in [-0.15, -0.1) is 0 Å². The summed E-state index contributed by atoms with van der Waals surface area (Å²) in [6.45, 7) is 1.95. The molecule has 3 rings (SSSR count). The topological polar surface area (TPSA) is 63.6 Å². The van der Waals surface area contributed by atoms with E-state index < -0.39 is 0 Å². The molecular formula is C14H12N4O. The van der Waals surface area contributed by atoms with Crippen LogP contribution in [0.5, 0.6) is 0 Å². The van der Waals surface area contributed by atoms with E-state index >= 15 is 0 Å². The summed E-state index contributed by atoms with van der Waals surface area (Å²) in [7, 11) is 0. The van der Waals surface area contributed by atoms with E-state index in [1.165, 1.54) is 6.07 Å². The predicted octanol–water partition coefficient (Wildman–Crippen LogP) is 1.93. The lowest BCUT2D eigenvalue weighted by Gasteiger charge is -2.01. The van der Waals surface area contributed by atoms with Gasteiger partial charge in [0.2, 0.25) is 0 Å². The van der Waals surface area contributed by atoms with Gasteiger partial charge in [0.25, 0.3) is 5.56 Å². The second kappa shape index (κ2) is 4.53. The highest BCUT2D eigenvalue weighted by atomic mass is 16.1. The number of aryl methyl sites for hydroxylation is 1. The number of nitrogens with one attached hydrogen (secondary N) is 1. The number of nitrogens with zero attached hydrogens (tertiary/aromatic N) is 3. The summed E-state index contributed by atoms with van der Waals surface area (Å²) < 4.78 is 1.71. The van der Waals surface area contributed by atoms with Gasteiger partial charge in [0, 0.05) is 17.3 Å². The van der Waals surface area contributed by atoms with E-state index in [2.05, 4.69) is 15.3 Å². The third kappa shape index (κ3) is 2.18. The van der Waals surface area contributed by atoms with Crippen molar-refractivity contribution in [1.82, 2.24) is 20.0 Å². The third-order valence-corrected chi connectivity index (χ3v) is 2.84. The molecule has 0 amide bonds. The minimum Gasteiger partial charge on any atom is -0.268 e. The summed E-state index contributed by atoms with van der Waals surface area (Å²) >= 11 is 0. The van der Waals surface area contributed by atoms with E-state index in [1.807, 2.05) is 43.3 Å². The van der Waals surface area contributed by atoms with Gasteiger partial charge >= 0.3 is 0 Å². The average Bonchev–Trinajstić information content (AvgIpc) is 2.83. The molecule has 0 unspecified atom stereocenters. The second-order valence-corrected chi connectivity index (χ2v) is 4.23. The first-order valence-electron chi connectivity index (χ1n) is 5.92. The van der Waals surface area contributed by atoms with Crippen molar-refractivity contribution in [3.05, 3.63) is 64.6 Å². The molecular weight excluding hydrogens is 240 g/mol. The number of benzene rings is 1. The molecule has 0 spiro atoms. The van der Waals surface area contributed by atoms with Crippen LogP contribution in [0, 0.1) is 6.92 Å². The molecule has 2 heterocycles. The van der Waals surface area contributed by atoms with Crippen LogP contribution in [0.25, 0.3) is 17.1 Å². The van der Waals surface area contributed by atoms with Crippen molar-refractivity contribution in [2.24, 2.45) is 0 Å². The van der Waals surface area contributed by atoms with Crippen LogP contribution in [-0.2, 0) is 0 Å². The first kappa shape index (κ1) is 11.4. The standard InChI is InChI=1S/C14H12N4O/c1-10-9-12(11-5-3-2-4-6-11)17-18(10)13-7-8-14(19)16-15-13/h2-9H,1H3,(H,16,19). The summed E-state index contributed by atoms with van der Waals surface area (Å²) in [5, 5.41) is 10.9. The van der Waals surface area contributed by atoms with Crippen LogP contribution < -0.4 is 5.56 Å². The minimum atomic E-state index is -0.225. The first-order chi connectivity index (χ1) is 9.24. The van der Waals surface area contributed by atoms with Crippen molar-refractivity contribution in [1.29, 1.82) is 0 Å². The van der Waals surface area contributed by atoms with Crippen LogP contribution >= 0.6 is 0 Å². The maximum absolute atomic E-state index is 11.0. The Labute approximate surface area is 109 Å². The first-order valence-corrected chi connectivity index (χ1v) is 5.92. The van der Waals surface area contributed by atoms with Crippen LogP contribution in [-0.4, -0.2) is 20.0 Å². The number of rotatable bonds is 2. The highest BCUT2D eigenvalue weighted by molar-refractivity contribution is 5.59. The Hall–Kier alpha value is -2.69. The van der Waals surface area contributed by atoms with Gasteiger partial charge < -0.3 is 0 Å². The summed E-state index contributed by atoms with van der Waals surface area (Å²) in [4.78, 5) is 11.0. The Balaban J connectivity index is 2.07. The number of aromatic amines is 1. The van der Waals surface area contributed by atoms with Gasteiger partial charge in [-0.1, -0.05) is 30.3 Å². The van der Waals surface area contributed by atoms with E-state index in [0.29, 0.717) is 5.82 Å². The van der Waals surface area contributed by atoms with Crippen molar-refractivity contribution in [2.75, 3.05) is 0 Å². The van der Waals surface area contributed by atoms with Gasteiger partial charge in [0.05, 0.1) is 5.69 Å². The van der Waals surface area contributed by atoms with Crippen molar-refractivity contribution in [3.8, 4) is 17.1 Å². The van der Waals surface area contributed by atoms with Gasteiger partial charge in [0.15, 0.2) is 5.82 Å². The van der Waals surface area contributed by atoms with Crippen molar-refractivity contribution >= 4 is 0 Å². The van der Waals surface area contributed by atoms with Gasteiger partial charge in [-0.25, -0.2) is 9.78 Å². The largest absolute Gasteiger partial charge is 0.268 e. The molecule has 1 N–H and O–H groups in total. The molecule has 5 nitrogen and oxygen atoms in total. The van der Waals surface area contributed by atoms with Crippen molar-refractivity contribution in [3.63, 3.8) is 0 Å². The molecule has 0 aliphatic rings. The fraction of sp³-hybridized carbons (Fsp3) is 0.0714. The smallest absolute Gasteiger partial charge is 0.264 e. The molecule has 0 saturated heterocycles. The predicted molar refractivity (Wildman–Crippen MR) is 72.2 cm³/mol. The van der Waals surface area contributed by atoms with Crippen LogP contribution in [0.3, 0.4) is 0 Å². The van der Waals surface area contributed by atoms with E-state index in [9.17, 15) is 4.79 Å². The lowest BCUT2D eigenvalue weighted by atomic mass is 10.1. The summed E-state index contributed by atoms with van der Waals surface area (Å²) in [5.74, 6) is 0.597. The van der Waals surface area contributed by atoms with Gasteiger partial charge in [0.1, 0.15) is 0 Å². The molecule has 3 aromatic rings. The van der Waals surface area contributed by atoms with E-state index in [-0.39, 0.29) is 5.56 Å². The zero-order valence-electron chi connectivity index (χ0n) is 10.4. The molecule has 0 saturated carbocycles. The number of aromatic nitrogens is 4. The third-order valence-electron chi connectivity index (χ3n) is 2.84. The molecule has 1 aromatic carbocycles. The molecule has 0 fully saturated rings. The zero-order chi connectivity index (χ0) is 13.2. The lowest BCUT2D eigenvalue weighted by molar-refractivity contribution is 0.786. The number of H-pyrrole nitrogens is 1. The SMILES string of the molecule is Cc1cc(-c2ccccc2)nn1-c1ccc(=O)[nH]n1. The normalized spacial score (nSPS) is 10.6. The number of hydrogen-bond donors (Lipinski definition) is 1. The molecule has 0 radical (unpaired) electrons. The fourth-order valence-electron chi connectivity index (χ4n) is 1.91. The van der Waals surface area contributed by atoms with Gasteiger partial charge in [-0.2, -0.15) is 10.2 Å². The Morgan fingerprint density at radius 3 is 2.58 bits per heavy atom. The van der Waals surface area contributed by atoms with Crippen molar-refractivity contribution in [2.45, 2.75) is 6.92 Å². The molecule has 2 aromatic heterocycles. The Bertz CT molecular complexity index is 738. The maximum atomic E-state index is 11.0. The number of hydrogen-bond acceptors (Lipinski definition) is 3. The highest BCUT2D eigenvalue weighted by Gasteiger charge is 2.08. The summed E-state index contributed by atoms with van der Waals surface area (Å²) in [6, 6.07) is 15.0. The Kier molecular flexibility index (Phi) is 2.72. The Morgan fingerprint density at radius 1 is 1.11 bits per heavy atom. The average molecular weight is 252 g/mol. The van der Waals surface area contributed by atoms with E-state index in [4.69, 9.17) is 0 Å². The fourth-order valence-corrected chi connectivity index (χ4v) is 1.91. The summed E-state index contributed by atoms with van der Waals surface area (Å²) in [5.41, 5.74) is 2.66. The highest BCUT2D eigenvalue weighted by Crippen LogP contribution is 2.19. The van der Waals surface area contributed by atoms with Gasteiger partial charge in [-0.05, 0) is 19.1 Å². The molecule has 5 heteroatoms. The maximum Gasteiger partial charge on any atom is 0.264 e. The van der Waals surface area contributed by atoms with Crippen LogP contribution in [0.15, 0.2) is 53.3 Å². The monoisotopic (exact) mass is 252 g/mol. The van der Waals surface area contributed by atoms with E-state index in [0.717, 1.165) is 17.0 Å². The molecule has 0 atom stereocenters. The van der Waals surface area contributed by atoms with Crippen molar-refractivity contribution < 1.29 is 0 Å². The van der Waals surface area contributed by atoms with E-state index in [1.54, 1.807) is 10.7 Å². The molecule has 0 aliphatic heterocycles. The minimum absolute atomic E-state index is 0.225. The Morgan fingerprint density at radius 2 is 1.89 bits per heavy atom. The van der Waals surface area contributed by atoms with Crippen LogP contribution in [0.2, 0.25) is 0 Å². The molecule has 0 bridgehead atoms. The molecule has 0 aliphatic carbocycles.